The van der Waals surface area contributed by atoms with Crippen LogP contribution in [0.1, 0.15) is 9.67 Å². The Morgan fingerprint density at radius 1 is 1.69 bits per heavy atom. The summed E-state index contributed by atoms with van der Waals surface area (Å²) in [6.45, 7) is 0. The maximum Gasteiger partial charge on any atom is 0.209 e. The van der Waals surface area contributed by atoms with Gasteiger partial charge in [-0.15, -0.1) is 16.4 Å². The third kappa shape index (κ3) is 2.50. The lowest BCUT2D eigenvalue weighted by molar-refractivity contribution is 0.102. The summed E-state index contributed by atoms with van der Waals surface area (Å²) in [4.78, 5) is 12.6. The summed E-state index contributed by atoms with van der Waals surface area (Å²) in [5.41, 5.74) is 0. The van der Waals surface area contributed by atoms with Crippen molar-refractivity contribution in [2.75, 3.05) is 5.75 Å². The quantitative estimate of drug-likeness (QED) is 0.637. The van der Waals surface area contributed by atoms with Gasteiger partial charge in [0.2, 0.25) is 5.16 Å². The molecule has 2 rings (SSSR count). The standard InChI is InChI=1S/C8H7BrN4OS2/c1-13-8(10-11-12-13)16-4-6(14)7-5(9)2-3-15-7/h2-3H,4H2,1H3. The van der Waals surface area contributed by atoms with Crippen molar-refractivity contribution in [2.45, 2.75) is 5.16 Å². The van der Waals surface area contributed by atoms with E-state index in [1.165, 1.54) is 23.1 Å². The first kappa shape index (κ1) is 11.7. The highest BCUT2D eigenvalue weighted by Crippen LogP contribution is 2.25. The molecule has 2 aromatic heterocycles. The van der Waals surface area contributed by atoms with E-state index < -0.39 is 0 Å². The molecule has 0 unspecified atom stereocenters. The number of aromatic nitrogens is 4. The van der Waals surface area contributed by atoms with Gasteiger partial charge in [-0.2, -0.15) is 0 Å². The highest BCUT2D eigenvalue weighted by Gasteiger charge is 2.13. The number of nitrogens with zero attached hydrogens (tertiary/aromatic N) is 4. The average molecular weight is 319 g/mol. The van der Waals surface area contributed by atoms with Crippen molar-refractivity contribution in [3.8, 4) is 0 Å². The molecular weight excluding hydrogens is 312 g/mol. The first-order chi connectivity index (χ1) is 7.68. The molecule has 8 heteroatoms. The van der Waals surface area contributed by atoms with Gasteiger partial charge in [0.25, 0.3) is 0 Å². The Labute approximate surface area is 108 Å². The third-order valence-corrected chi connectivity index (χ3v) is 4.67. The van der Waals surface area contributed by atoms with E-state index in [1.54, 1.807) is 11.7 Å². The van der Waals surface area contributed by atoms with Crippen LogP contribution in [-0.2, 0) is 7.05 Å². The third-order valence-electron chi connectivity index (χ3n) is 1.78. The lowest BCUT2D eigenvalue weighted by Crippen LogP contribution is -2.02. The monoisotopic (exact) mass is 318 g/mol. The summed E-state index contributed by atoms with van der Waals surface area (Å²) in [6.07, 6.45) is 0. The summed E-state index contributed by atoms with van der Waals surface area (Å²) in [6, 6.07) is 1.87. The van der Waals surface area contributed by atoms with E-state index in [4.69, 9.17) is 0 Å². The van der Waals surface area contributed by atoms with Crippen LogP contribution in [0.15, 0.2) is 21.1 Å². The summed E-state index contributed by atoms with van der Waals surface area (Å²) in [5, 5.41) is 13.5. The van der Waals surface area contributed by atoms with Crippen LogP contribution in [0.5, 0.6) is 0 Å². The first-order valence-corrected chi connectivity index (χ1v) is 6.95. The van der Waals surface area contributed by atoms with Gasteiger partial charge in [0.05, 0.1) is 10.6 Å². The molecule has 0 saturated carbocycles. The maximum atomic E-state index is 11.8. The second kappa shape index (κ2) is 5.07. The van der Waals surface area contributed by atoms with Crippen LogP contribution in [0.25, 0.3) is 0 Å². The second-order valence-corrected chi connectivity index (χ2v) is 5.61. The van der Waals surface area contributed by atoms with Crippen LogP contribution >= 0.6 is 39.0 Å². The fourth-order valence-electron chi connectivity index (χ4n) is 1.03. The number of thiophene rings is 1. The highest BCUT2D eigenvalue weighted by molar-refractivity contribution is 9.10. The van der Waals surface area contributed by atoms with E-state index in [9.17, 15) is 4.79 Å². The fourth-order valence-corrected chi connectivity index (χ4v) is 3.38. The molecule has 2 heterocycles. The van der Waals surface area contributed by atoms with Crippen molar-refractivity contribution < 1.29 is 4.79 Å². The van der Waals surface area contributed by atoms with E-state index in [1.807, 2.05) is 11.4 Å². The molecular formula is C8H7BrN4OS2. The lowest BCUT2D eigenvalue weighted by atomic mass is 10.3. The summed E-state index contributed by atoms with van der Waals surface area (Å²) < 4.78 is 2.39. The Morgan fingerprint density at radius 3 is 3.06 bits per heavy atom. The molecule has 84 valence electrons. The maximum absolute atomic E-state index is 11.8. The van der Waals surface area contributed by atoms with Crippen molar-refractivity contribution in [1.29, 1.82) is 0 Å². The van der Waals surface area contributed by atoms with Crippen LogP contribution in [0.2, 0.25) is 0 Å². The SMILES string of the molecule is Cn1nnnc1SCC(=O)c1sccc1Br. The minimum Gasteiger partial charge on any atom is -0.292 e. The molecule has 0 aliphatic rings. The van der Waals surface area contributed by atoms with Gasteiger partial charge in [-0.1, -0.05) is 11.8 Å². The number of aryl methyl sites for hydroxylation is 1. The van der Waals surface area contributed by atoms with Crippen LogP contribution in [0.4, 0.5) is 0 Å². The number of tetrazole rings is 1. The number of hydrogen-bond acceptors (Lipinski definition) is 6. The molecule has 0 atom stereocenters. The van der Waals surface area contributed by atoms with Gasteiger partial charge in [-0.05, 0) is 37.8 Å². The Bertz CT molecular complexity index is 510. The molecule has 16 heavy (non-hydrogen) atoms. The summed E-state index contributed by atoms with van der Waals surface area (Å²) in [5.74, 6) is 0.419. The van der Waals surface area contributed by atoms with Gasteiger partial charge in [0, 0.05) is 11.5 Å². The molecule has 0 saturated heterocycles. The number of carbonyl (C=O) groups is 1. The number of rotatable bonds is 4. The lowest BCUT2D eigenvalue weighted by Gasteiger charge is -1.98. The predicted octanol–water partition coefficient (Wildman–Crippen LogP) is 2.01. The minimum absolute atomic E-state index is 0.0786. The van der Waals surface area contributed by atoms with Crippen LogP contribution in [0.3, 0.4) is 0 Å². The van der Waals surface area contributed by atoms with Crippen molar-refractivity contribution in [3.63, 3.8) is 0 Å². The van der Waals surface area contributed by atoms with E-state index >= 15 is 0 Å². The molecule has 0 aliphatic heterocycles. The number of Topliss-reactive ketones (excluding diaryl/α,β-unsaturated/α-hetero) is 1. The van der Waals surface area contributed by atoms with Gasteiger partial charge in [0.1, 0.15) is 0 Å². The van der Waals surface area contributed by atoms with Crippen molar-refractivity contribution in [2.24, 2.45) is 7.05 Å². The molecule has 0 bridgehead atoms. The number of thioether (sulfide) groups is 1. The smallest absolute Gasteiger partial charge is 0.209 e. The van der Waals surface area contributed by atoms with Crippen LogP contribution in [-0.4, -0.2) is 31.7 Å². The predicted molar refractivity (Wildman–Crippen MR) is 65.9 cm³/mol. The summed E-state index contributed by atoms with van der Waals surface area (Å²) in [7, 11) is 1.74. The number of halogens is 1. The van der Waals surface area contributed by atoms with Crippen molar-refractivity contribution in [3.05, 3.63) is 20.8 Å². The zero-order valence-corrected chi connectivity index (χ0v) is 11.5. The number of carbonyl (C=O) groups excluding carboxylic acids is 1. The van der Waals surface area contributed by atoms with Crippen molar-refractivity contribution in [1.82, 2.24) is 20.2 Å². The van der Waals surface area contributed by atoms with Gasteiger partial charge in [0.15, 0.2) is 5.78 Å². The molecule has 0 fully saturated rings. The minimum atomic E-state index is 0.0786. The Morgan fingerprint density at radius 2 is 2.50 bits per heavy atom. The fraction of sp³-hybridized carbons (Fsp3) is 0.250. The molecule has 0 N–H and O–H groups in total. The van der Waals surface area contributed by atoms with E-state index in [2.05, 4.69) is 31.5 Å². The number of hydrogen-bond donors (Lipinski definition) is 0. The topological polar surface area (TPSA) is 60.7 Å². The first-order valence-electron chi connectivity index (χ1n) is 4.30. The van der Waals surface area contributed by atoms with Gasteiger partial charge in [-0.25, -0.2) is 4.68 Å². The number of ketones is 1. The molecule has 0 aromatic carbocycles. The molecule has 2 aromatic rings. The van der Waals surface area contributed by atoms with Gasteiger partial charge < -0.3 is 0 Å². The Hall–Kier alpha value is -0.730. The molecule has 0 amide bonds. The second-order valence-electron chi connectivity index (χ2n) is 2.89. The van der Waals surface area contributed by atoms with Crippen molar-refractivity contribution >= 4 is 44.8 Å². The Balaban J connectivity index is 1.99. The highest BCUT2D eigenvalue weighted by atomic mass is 79.9. The van der Waals surface area contributed by atoms with E-state index in [0.717, 1.165) is 9.35 Å². The largest absolute Gasteiger partial charge is 0.292 e. The van der Waals surface area contributed by atoms with Crippen LogP contribution < -0.4 is 0 Å². The molecule has 0 radical (unpaired) electrons. The summed E-state index contributed by atoms with van der Waals surface area (Å²) >= 11 is 6.10. The van der Waals surface area contributed by atoms with E-state index in [0.29, 0.717) is 10.9 Å². The van der Waals surface area contributed by atoms with Gasteiger partial charge >= 0.3 is 0 Å². The molecule has 0 spiro atoms. The van der Waals surface area contributed by atoms with E-state index in [-0.39, 0.29) is 5.78 Å². The zero-order valence-electron chi connectivity index (χ0n) is 8.25. The normalized spacial score (nSPS) is 10.6. The molecule has 0 aliphatic carbocycles. The Kier molecular flexibility index (Phi) is 3.72. The zero-order chi connectivity index (χ0) is 11.5. The molecule has 5 nitrogen and oxygen atoms in total. The van der Waals surface area contributed by atoms with Crippen LogP contribution in [0, 0.1) is 0 Å². The average Bonchev–Trinajstić information content (AvgIpc) is 2.84. The van der Waals surface area contributed by atoms with Gasteiger partial charge in [-0.3, -0.25) is 4.79 Å².